The lowest BCUT2D eigenvalue weighted by molar-refractivity contribution is 0.0939. The van der Waals surface area contributed by atoms with Crippen molar-refractivity contribution in [2.45, 2.75) is 26.4 Å². The van der Waals surface area contributed by atoms with Gasteiger partial charge in [0.15, 0.2) is 0 Å². The standard InChI is InChI=1S/C14H16BrN3O/c1-3-18-8-7-13(17-18)10(2)16-14(19)11-5-4-6-12(15)9-11/h4-10H,3H2,1-2H3,(H,16,19). The highest BCUT2D eigenvalue weighted by molar-refractivity contribution is 9.10. The van der Waals surface area contributed by atoms with Gasteiger partial charge in [-0.2, -0.15) is 5.10 Å². The minimum absolute atomic E-state index is 0.0974. The van der Waals surface area contributed by atoms with E-state index in [4.69, 9.17) is 0 Å². The fourth-order valence-corrected chi connectivity index (χ4v) is 2.17. The zero-order valence-electron chi connectivity index (χ0n) is 10.9. The highest BCUT2D eigenvalue weighted by Gasteiger charge is 2.13. The zero-order chi connectivity index (χ0) is 13.8. The van der Waals surface area contributed by atoms with Gasteiger partial charge >= 0.3 is 0 Å². The van der Waals surface area contributed by atoms with Gasteiger partial charge in [0.1, 0.15) is 0 Å². The Kier molecular flexibility index (Phi) is 4.37. The first kappa shape index (κ1) is 13.8. The summed E-state index contributed by atoms with van der Waals surface area (Å²) in [6.45, 7) is 4.78. The molecule has 0 aliphatic carbocycles. The highest BCUT2D eigenvalue weighted by atomic mass is 79.9. The molecule has 2 aromatic rings. The minimum atomic E-state index is -0.112. The molecular weight excluding hydrogens is 306 g/mol. The molecule has 4 nitrogen and oxygen atoms in total. The predicted octanol–water partition coefficient (Wildman–Crippen LogP) is 3.16. The fourth-order valence-electron chi connectivity index (χ4n) is 1.77. The van der Waals surface area contributed by atoms with Gasteiger partial charge in [-0.1, -0.05) is 22.0 Å². The molecule has 2 rings (SSSR count). The van der Waals surface area contributed by atoms with Crippen molar-refractivity contribution in [3.05, 3.63) is 52.3 Å². The van der Waals surface area contributed by atoms with Gasteiger partial charge < -0.3 is 5.32 Å². The Hall–Kier alpha value is -1.62. The van der Waals surface area contributed by atoms with E-state index in [0.29, 0.717) is 5.56 Å². The van der Waals surface area contributed by atoms with Crippen LogP contribution in [-0.4, -0.2) is 15.7 Å². The van der Waals surface area contributed by atoms with Crippen molar-refractivity contribution >= 4 is 21.8 Å². The third-order valence-electron chi connectivity index (χ3n) is 2.86. The second kappa shape index (κ2) is 6.02. The second-order valence-corrected chi connectivity index (χ2v) is 5.22. The first-order valence-corrected chi connectivity index (χ1v) is 6.99. The monoisotopic (exact) mass is 321 g/mol. The van der Waals surface area contributed by atoms with E-state index in [9.17, 15) is 4.79 Å². The Morgan fingerprint density at radius 2 is 2.26 bits per heavy atom. The van der Waals surface area contributed by atoms with Gasteiger partial charge in [-0.15, -0.1) is 0 Å². The number of benzene rings is 1. The predicted molar refractivity (Wildman–Crippen MR) is 77.9 cm³/mol. The average molecular weight is 322 g/mol. The normalized spacial score (nSPS) is 12.2. The van der Waals surface area contributed by atoms with E-state index in [1.165, 1.54) is 0 Å². The van der Waals surface area contributed by atoms with E-state index in [-0.39, 0.29) is 11.9 Å². The lowest BCUT2D eigenvalue weighted by Crippen LogP contribution is -2.27. The Morgan fingerprint density at radius 3 is 2.89 bits per heavy atom. The van der Waals surface area contributed by atoms with Crippen molar-refractivity contribution in [1.29, 1.82) is 0 Å². The van der Waals surface area contributed by atoms with E-state index >= 15 is 0 Å². The number of carbonyl (C=O) groups excluding carboxylic acids is 1. The lowest BCUT2D eigenvalue weighted by atomic mass is 10.2. The number of rotatable bonds is 4. The van der Waals surface area contributed by atoms with Crippen LogP contribution in [0.4, 0.5) is 0 Å². The number of halogens is 1. The summed E-state index contributed by atoms with van der Waals surface area (Å²) in [5.41, 5.74) is 1.50. The Bertz CT molecular complexity index is 580. The Balaban J connectivity index is 2.06. The fraction of sp³-hybridized carbons (Fsp3) is 0.286. The van der Waals surface area contributed by atoms with Crippen molar-refractivity contribution < 1.29 is 4.79 Å². The van der Waals surface area contributed by atoms with E-state index in [1.807, 2.05) is 42.9 Å². The van der Waals surface area contributed by atoms with Crippen LogP contribution < -0.4 is 5.32 Å². The Labute approximate surface area is 120 Å². The van der Waals surface area contributed by atoms with Gasteiger partial charge in [0.25, 0.3) is 5.91 Å². The molecule has 19 heavy (non-hydrogen) atoms. The van der Waals surface area contributed by atoms with Crippen LogP contribution in [0.5, 0.6) is 0 Å². The van der Waals surface area contributed by atoms with Crippen LogP contribution in [0.1, 0.15) is 35.9 Å². The molecular formula is C14H16BrN3O. The number of amides is 1. The van der Waals surface area contributed by atoms with Crippen LogP contribution in [0.2, 0.25) is 0 Å². The van der Waals surface area contributed by atoms with Crippen LogP contribution in [-0.2, 0) is 6.54 Å². The molecule has 0 saturated heterocycles. The van der Waals surface area contributed by atoms with Gasteiger partial charge in [-0.05, 0) is 38.1 Å². The Morgan fingerprint density at radius 1 is 1.47 bits per heavy atom. The molecule has 1 aromatic carbocycles. The molecule has 0 bridgehead atoms. The quantitative estimate of drug-likeness (QED) is 0.940. The van der Waals surface area contributed by atoms with Crippen LogP contribution in [0.25, 0.3) is 0 Å². The molecule has 1 aromatic heterocycles. The molecule has 1 atom stereocenters. The van der Waals surface area contributed by atoms with Gasteiger partial charge in [0.05, 0.1) is 11.7 Å². The molecule has 1 heterocycles. The third kappa shape index (κ3) is 3.44. The van der Waals surface area contributed by atoms with E-state index in [1.54, 1.807) is 12.1 Å². The molecule has 0 aliphatic rings. The molecule has 100 valence electrons. The molecule has 0 aliphatic heterocycles. The minimum Gasteiger partial charge on any atom is -0.344 e. The zero-order valence-corrected chi connectivity index (χ0v) is 12.5. The SMILES string of the molecule is CCn1ccc(C(C)NC(=O)c2cccc(Br)c2)n1. The molecule has 0 fully saturated rings. The maximum absolute atomic E-state index is 12.1. The molecule has 1 unspecified atom stereocenters. The number of aromatic nitrogens is 2. The average Bonchev–Trinajstić information content (AvgIpc) is 2.87. The first-order chi connectivity index (χ1) is 9.10. The number of aryl methyl sites for hydroxylation is 1. The van der Waals surface area contributed by atoms with Crippen molar-refractivity contribution in [3.8, 4) is 0 Å². The van der Waals surface area contributed by atoms with Gasteiger partial charge in [0.2, 0.25) is 0 Å². The maximum atomic E-state index is 12.1. The molecule has 1 amide bonds. The van der Waals surface area contributed by atoms with Gasteiger partial charge in [-0.3, -0.25) is 9.48 Å². The van der Waals surface area contributed by atoms with E-state index in [2.05, 4.69) is 26.3 Å². The van der Waals surface area contributed by atoms with Crippen LogP contribution >= 0.6 is 15.9 Å². The summed E-state index contributed by atoms with van der Waals surface area (Å²) in [6, 6.07) is 9.14. The summed E-state index contributed by atoms with van der Waals surface area (Å²) in [6.07, 6.45) is 1.91. The second-order valence-electron chi connectivity index (χ2n) is 4.30. The molecule has 0 radical (unpaired) electrons. The maximum Gasteiger partial charge on any atom is 0.251 e. The van der Waals surface area contributed by atoms with E-state index < -0.39 is 0 Å². The smallest absolute Gasteiger partial charge is 0.251 e. The van der Waals surface area contributed by atoms with Crippen LogP contribution in [0.3, 0.4) is 0 Å². The summed E-state index contributed by atoms with van der Waals surface area (Å²) < 4.78 is 2.74. The van der Waals surface area contributed by atoms with Crippen molar-refractivity contribution in [1.82, 2.24) is 15.1 Å². The lowest BCUT2D eigenvalue weighted by Gasteiger charge is -2.11. The summed E-state index contributed by atoms with van der Waals surface area (Å²) in [4.78, 5) is 12.1. The van der Waals surface area contributed by atoms with E-state index in [0.717, 1.165) is 16.7 Å². The number of carbonyl (C=O) groups is 1. The molecule has 0 saturated carbocycles. The molecule has 0 spiro atoms. The highest BCUT2D eigenvalue weighted by Crippen LogP contribution is 2.14. The number of hydrogen-bond acceptors (Lipinski definition) is 2. The summed E-state index contributed by atoms with van der Waals surface area (Å²) in [5.74, 6) is -0.0974. The number of hydrogen-bond donors (Lipinski definition) is 1. The van der Waals surface area contributed by atoms with Crippen molar-refractivity contribution in [3.63, 3.8) is 0 Å². The van der Waals surface area contributed by atoms with Gasteiger partial charge in [-0.25, -0.2) is 0 Å². The number of nitrogens with one attached hydrogen (secondary N) is 1. The molecule has 5 heteroatoms. The van der Waals surface area contributed by atoms with Crippen LogP contribution in [0.15, 0.2) is 41.0 Å². The largest absolute Gasteiger partial charge is 0.344 e. The van der Waals surface area contributed by atoms with Crippen LogP contribution in [0, 0.1) is 0 Å². The number of nitrogens with zero attached hydrogens (tertiary/aromatic N) is 2. The summed E-state index contributed by atoms with van der Waals surface area (Å²) in [5, 5.41) is 7.33. The van der Waals surface area contributed by atoms with Crippen molar-refractivity contribution in [2.75, 3.05) is 0 Å². The first-order valence-electron chi connectivity index (χ1n) is 6.20. The topological polar surface area (TPSA) is 46.9 Å². The third-order valence-corrected chi connectivity index (χ3v) is 3.36. The summed E-state index contributed by atoms with van der Waals surface area (Å²) in [7, 11) is 0. The van der Waals surface area contributed by atoms with Crippen molar-refractivity contribution in [2.24, 2.45) is 0 Å². The molecule has 1 N–H and O–H groups in total. The van der Waals surface area contributed by atoms with Gasteiger partial charge in [0, 0.05) is 22.8 Å². The summed E-state index contributed by atoms with van der Waals surface area (Å²) >= 11 is 3.36.